The molecule has 4 heteroatoms. The van der Waals surface area contributed by atoms with E-state index in [2.05, 4.69) is 11.3 Å². The fourth-order valence-corrected chi connectivity index (χ4v) is 2.26. The second-order valence-corrected chi connectivity index (χ2v) is 4.37. The number of hydrogen-bond acceptors (Lipinski definition) is 3. The van der Waals surface area contributed by atoms with Gasteiger partial charge in [0.2, 0.25) is 0 Å². The second-order valence-electron chi connectivity index (χ2n) is 3.11. The SMILES string of the molecule is CC1=PCC2=CCC(N=O)C=C2O1. The molecule has 0 fully saturated rings. The lowest BCUT2D eigenvalue weighted by molar-refractivity contribution is 0.421. The molecule has 1 atom stereocenters. The van der Waals surface area contributed by atoms with Gasteiger partial charge in [0, 0.05) is 6.16 Å². The van der Waals surface area contributed by atoms with E-state index in [1.54, 1.807) is 0 Å². The molecular weight excluding hydrogens is 185 g/mol. The Morgan fingerprint density at radius 3 is 3.31 bits per heavy atom. The van der Waals surface area contributed by atoms with Crippen molar-refractivity contribution in [3.05, 3.63) is 28.4 Å². The molecule has 0 saturated carbocycles. The van der Waals surface area contributed by atoms with Gasteiger partial charge in [-0.1, -0.05) is 19.5 Å². The van der Waals surface area contributed by atoms with E-state index in [0.717, 1.165) is 23.8 Å². The number of hydrogen-bond donors (Lipinski definition) is 0. The lowest BCUT2D eigenvalue weighted by Crippen LogP contribution is -2.14. The van der Waals surface area contributed by atoms with Crippen LogP contribution in [0.4, 0.5) is 0 Å². The van der Waals surface area contributed by atoms with E-state index >= 15 is 0 Å². The summed E-state index contributed by atoms with van der Waals surface area (Å²) in [6.45, 7) is 1.96. The van der Waals surface area contributed by atoms with Gasteiger partial charge in [-0.2, -0.15) is 4.91 Å². The van der Waals surface area contributed by atoms with Gasteiger partial charge in [-0.3, -0.25) is 0 Å². The molecule has 0 bridgehead atoms. The Balaban J connectivity index is 2.26. The van der Waals surface area contributed by atoms with Crippen LogP contribution in [0.3, 0.4) is 0 Å². The normalized spacial score (nSPS) is 27.5. The largest absolute Gasteiger partial charge is 0.458 e. The van der Waals surface area contributed by atoms with E-state index in [9.17, 15) is 4.91 Å². The van der Waals surface area contributed by atoms with Crippen LogP contribution in [0, 0.1) is 4.91 Å². The molecule has 0 radical (unpaired) electrons. The average Bonchev–Trinajstić information content (AvgIpc) is 2.16. The highest BCUT2D eigenvalue weighted by molar-refractivity contribution is 7.40. The monoisotopic (exact) mass is 195 g/mol. The summed E-state index contributed by atoms with van der Waals surface area (Å²) in [5.41, 5.74) is 2.21. The first-order chi connectivity index (χ1) is 6.29. The van der Waals surface area contributed by atoms with Crippen LogP contribution in [0.25, 0.3) is 0 Å². The molecule has 1 aliphatic heterocycles. The minimum atomic E-state index is -0.235. The van der Waals surface area contributed by atoms with Crippen molar-refractivity contribution in [1.82, 2.24) is 0 Å². The summed E-state index contributed by atoms with van der Waals surface area (Å²) in [6, 6.07) is -0.235. The molecule has 0 aromatic heterocycles. The van der Waals surface area contributed by atoms with Gasteiger partial charge in [-0.25, -0.2) is 0 Å². The summed E-state index contributed by atoms with van der Waals surface area (Å²) in [6.07, 6.45) is 5.60. The third-order valence-corrected chi connectivity index (χ3v) is 3.17. The number of fused-ring (bicyclic) bond motifs is 1. The van der Waals surface area contributed by atoms with Crippen molar-refractivity contribution in [2.45, 2.75) is 19.4 Å². The van der Waals surface area contributed by atoms with Gasteiger partial charge in [0.25, 0.3) is 0 Å². The molecule has 0 saturated heterocycles. The summed E-state index contributed by atoms with van der Waals surface area (Å²) < 4.78 is 5.52. The Hall–Kier alpha value is -0.950. The molecule has 3 nitrogen and oxygen atoms in total. The van der Waals surface area contributed by atoms with Crippen LogP contribution in [0.5, 0.6) is 0 Å². The Morgan fingerprint density at radius 2 is 2.54 bits per heavy atom. The number of nitrogens with zero attached hydrogens (tertiary/aromatic N) is 1. The topological polar surface area (TPSA) is 38.7 Å². The molecule has 2 aliphatic rings. The average molecular weight is 195 g/mol. The predicted molar refractivity (Wildman–Crippen MR) is 53.9 cm³/mol. The highest BCUT2D eigenvalue weighted by atomic mass is 31.1. The minimum Gasteiger partial charge on any atom is -0.458 e. The van der Waals surface area contributed by atoms with E-state index < -0.39 is 0 Å². The molecular formula is C9H10NO2P. The van der Waals surface area contributed by atoms with Crippen molar-refractivity contribution in [3.8, 4) is 0 Å². The first-order valence-electron chi connectivity index (χ1n) is 4.22. The molecule has 68 valence electrons. The van der Waals surface area contributed by atoms with Crippen molar-refractivity contribution in [2.75, 3.05) is 6.16 Å². The molecule has 0 spiro atoms. The molecule has 1 heterocycles. The van der Waals surface area contributed by atoms with Crippen molar-refractivity contribution in [3.63, 3.8) is 0 Å². The number of ether oxygens (including phenoxy) is 1. The zero-order valence-electron chi connectivity index (χ0n) is 7.36. The Bertz CT molecular complexity index is 331. The zero-order chi connectivity index (χ0) is 9.26. The van der Waals surface area contributed by atoms with Crippen molar-refractivity contribution in [2.24, 2.45) is 5.18 Å². The third kappa shape index (κ3) is 1.70. The van der Waals surface area contributed by atoms with Gasteiger partial charge >= 0.3 is 0 Å². The lowest BCUT2D eigenvalue weighted by atomic mass is 10.0. The highest BCUT2D eigenvalue weighted by Gasteiger charge is 2.20. The summed E-state index contributed by atoms with van der Waals surface area (Å²) >= 11 is 0. The van der Waals surface area contributed by atoms with Crippen LogP contribution in [0.1, 0.15) is 13.3 Å². The van der Waals surface area contributed by atoms with E-state index in [4.69, 9.17) is 4.74 Å². The lowest BCUT2D eigenvalue weighted by Gasteiger charge is -2.21. The first-order valence-corrected chi connectivity index (χ1v) is 5.30. The molecule has 2 rings (SSSR count). The maximum atomic E-state index is 10.3. The number of allylic oxidation sites excluding steroid dienone is 1. The van der Waals surface area contributed by atoms with E-state index in [1.807, 2.05) is 13.0 Å². The van der Waals surface area contributed by atoms with Crippen LogP contribution < -0.4 is 0 Å². The quantitative estimate of drug-likeness (QED) is 0.476. The number of nitroso groups, excluding NO2 is 1. The van der Waals surface area contributed by atoms with Gasteiger partial charge in [0.1, 0.15) is 17.3 Å². The smallest absolute Gasteiger partial charge is 0.129 e. The van der Waals surface area contributed by atoms with E-state index in [1.165, 1.54) is 13.8 Å². The second kappa shape index (κ2) is 3.43. The zero-order valence-corrected chi connectivity index (χ0v) is 8.25. The summed E-state index contributed by atoms with van der Waals surface area (Å²) in [5, 5.41) is 3.00. The Kier molecular flexibility index (Phi) is 2.28. The van der Waals surface area contributed by atoms with Crippen LogP contribution in [-0.4, -0.2) is 17.7 Å². The maximum Gasteiger partial charge on any atom is 0.129 e. The van der Waals surface area contributed by atoms with Gasteiger partial charge < -0.3 is 4.74 Å². The summed E-state index contributed by atoms with van der Waals surface area (Å²) in [4.78, 5) is 10.3. The Labute approximate surface area is 78.2 Å². The summed E-state index contributed by atoms with van der Waals surface area (Å²) in [7, 11) is 1.22. The fraction of sp³-hybridized carbons (Fsp3) is 0.444. The molecule has 0 N–H and O–H groups in total. The molecule has 0 aromatic carbocycles. The summed E-state index contributed by atoms with van der Waals surface area (Å²) in [5.74, 6) is 0.840. The van der Waals surface area contributed by atoms with Gasteiger partial charge in [-0.05, 0) is 25.0 Å². The molecule has 1 aliphatic carbocycles. The fourth-order valence-electron chi connectivity index (χ4n) is 1.42. The molecule has 0 aromatic rings. The van der Waals surface area contributed by atoms with Gasteiger partial charge in [0.15, 0.2) is 0 Å². The highest BCUT2D eigenvalue weighted by Crippen LogP contribution is 2.29. The first kappa shape index (κ1) is 8.64. The minimum absolute atomic E-state index is 0.235. The molecule has 0 amide bonds. The van der Waals surface area contributed by atoms with E-state index in [0.29, 0.717) is 0 Å². The molecule has 13 heavy (non-hydrogen) atoms. The number of rotatable bonds is 1. The van der Waals surface area contributed by atoms with Crippen molar-refractivity contribution in [1.29, 1.82) is 0 Å². The van der Waals surface area contributed by atoms with Gasteiger partial charge in [-0.15, -0.1) is 0 Å². The molecule has 1 unspecified atom stereocenters. The van der Waals surface area contributed by atoms with Crippen LogP contribution in [-0.2, 0) is 4.74 Å². The maximum absolute atomic E-state index is 10.3. The van der Waals surface area contributed by atoms with Crippen LogP contribution in [0.2, 0.25) is 0 Å². The standard InChI is InChI=1S/C9H10NO2P/c1-6-12-9-4-8(10-11)3-2-7(9)5-13-6/h2,4,8H,3,5H2,1H3. The van der Waals surface area contributed by atoms with E-state index in [-0.39, 0.29) is 6.04 Å². The van der Waals surface area contributed by atoms with Crippen molar-refractivity contribution < 1.29 is 4.74 Å². The third-order valence-electron chi connectivity index (χ3n) is 2.13. The van der Waals surface area contributed by atoms with Gasteiger partial charge in [0.05, 0.1) is 0 Å². The van der Waals surface area contributed by atoms with Crippen molar-refractivity contribution >= 4 is 13.7 Å². The Morgan fingerprint density at radius 1 is 1.69 bits per heavy atom. The van der Waals surface area contributed by atoms with Crippen LogP contribution in [0.15, 0.2) is 28.7 Å². The van der Waals surface area contributed by atoms with Crippen LogP contribution >= 0.6 is 8.20 Å². The predicted octanol–water partition coefficient (Wildman–Crippen LogP) is 2.46.